The van der Waals surface area contributed by atoms with E-state index in [4.69, 9.17) is 4.74 Å². The van der Waals surface area contributed by atoms with Crippen molar-refractivity contribution in [1.82, 2.24) is 9.97 Å². The molecule has 0 aliphatic carbocycles. The van der Waals surface area contributed by atoms with Crippen LogP contribution >= 0.6 is 0 Å². The van der Waals surface area contributed by atoms with Crippen molar-refractivity contribution in [3.63, 3.8) is 0 Å². The first-order chi connectivity index (χ1) is 12.8. The zero-order valence-corrected chi connectivity index (χ0v) is 15.0. The maximum absolute atomic E-state index is 9.79. The SMILES string of the molecule is CCOCCNc1nccc(/C(C#N)=C2\Nc3ccccc3N2CC)n1. The van der Waals surface area contributed by atoms with Crippen molar-refractivity contribution in [2.45, 2.75) is 13.8 Å². The fourth-order valence-corrected chi connectivity index (χ4v) is 2.85. The lowest BCUT2D eigenvalue weighted by atomic mass is 10.2. The number of ether oxygens (including phenoxy) is 1. The van der Waals surface area contributed by atoms with Gasteiger partial charge in [-0.3, -0.25) is 0 Å². The van der Waals surface area contributed by atoms with Crippen LogP contribution in [0.3, 0.4) is 0 Å². The van der Waals surface area contributed by atoms with Crippen LogP contribution in [0.1, 0.15) is 19.5 Å². The lowest BCUT2D eigenvalue weighted by molar-refractivity contribution is 0.158. The number of nitriles is 1. The average Bonchev–Trinajstić information content (AvgIpc) is 3.04. The molecule has 134 valence electrons. The highest BCUT2D eigenvalue weighted by Gasteiger charge is 2.26. The second kappa shape index (κ2) is 8.32. The van der Waals surface area contributed by atoms with Crippen molar-refractivity contribution >= 4 is 22.9 Å². The van der Waals surface area contributed by atoms with Crippen LogP contribution in [-0.4, -0.2) is 36.3 Å². The number of benzene rings is 1. The molecular formula is C19H22N6O. The first-order valence-electron chi connectivity index (χ1n) is 8.71. The summed E-state index contributed by atoms with van der Waals surface area (Å²) in [6.45, 7) is 6.62. The summed E-state index contributed by atoms with van der Waals surface area (Å²) in [7, 11) is 0. The molecule has 0 fully saturated rings. The third-order valence-corrected chi connectivity index (χ3v) is 4.03. The Kier molecular flexibility index (Phi) is 5.66. The molecule has 0 radical (unpaired) electrons. The van der Waals surface area contributed by atoms with Crippen LogP contribution in [0.15, 0.2) is 42.3 Å². The molecule has 0 saturated carbocycles. The molecule has 1 aromatic heterocycles. The van der Waals surface area contributed by atoms with Crippen LogP contribution in [0.2, 0.25) is 0 Å². The first-order valence-corrected chi connectivity index (χ1v) is 8.71. The molecule has 2 heterocycles. The number of hydrogen-bond donors (Lipinski definition) is 2. The zero-order valence-electron chi connectivity index (χ0n) is 15.0. The number of nitrogens with one attached hydrogen (secondary N) is 2. The Balaban J connectivity index is 1.90. The lowest BCUT2D eigenvalue weighted by Crippen LogP contribution is -2.22. The minimum atomic E-state index is 0.481. The number of rotatable bonds is 7. The predicted octanol–water partition coefficient (Wildman–Crippen LogP) is 3.07. The van der Waals surface area contributed by atoms with Gasteiger partial charge in [-0.05, 0) is 32.0 Å². The van der Waals surface area contributed by atoms with E-state index in [2.05, 4.69) is 38.5 Å². The number of nitrogens with zero attached hydrogens (tertiary/aromatic N) is 4. The van der Waals surface area contributed by atoms with Crippen molar-refractivity contribution in [3.05, 3.63) is 48.0 Å². The molecule has 0 unspecified atom stereocenters. The molecule has 0 bridgehead atoms. The molecule has 1 aliphatic heterocycles. The van der Waals surface area contributed by atoms with Gasteiger partial charge in [0.25, 0.3) is 0 Å². The molecular weight excluding hydrogens is 328 g/mol. The van der Waals surface area contributed by atoms with E-state index in [1.807, 2.05) is 31.2 Å². The average molecular weight is 350 g/mol. The van der Waals surface area contributed by atoms with Crippen molar-refractivity contribution in [3.8, 4) is 6.07 Å². The van der Waals surface area contributed by atoms with Gasteiger partial charge in [-0.15, -0.1) is 0 Å². The Morgan fingerprint density at radius 1 is 1.31 bits per heavy atom. The highest BCUT2D eigenvalue weighted by molar-refractivity contribution is 5.90. The molecule has 2 aromatic rings. The Hall–Kier alpha value is -3.11. The van der Waals surface area contributed by atoms with Gasteiger partial charge in [-0.25, -0.2) is 9.97 Å². The molecule has 0 atom stereocenters. The summed E-state index contributed by atoms with van der Waals surface area (Å²) in [4.78, 5) is 10.8. The second-order valence-electron chi connectivity index (χ2n) is 5.61. The summed E-state index contributed by atoms with van der Waals surface area (Å²) in [5.41, 5.74) is 3.11. The van der Waals surface area contributed by atoms with Crippen LogP contribution in [0.5, 0.6) is 0 Å². The number of anilines is 3. The number of para-hydroxylation sites is 2. The third kappa shape index (κ3) is 3.60. The van der Waals surface area contributed by atoms with E-state index in [1.54, 1.807) is 12.3 Å². The fourth-order valence-electron chi connectivity index (χ4n) is 2.85. The van der Waals surface area contributed by atoms with Crippen molar-refractivity contribution < 1.29 is 4.74 Å². The monoisotopic (exact) mass is 350 g/mol. The molecule has 3 rings (SSSR count). The van der Waals surface area contributed by atoms with Gasteiger partial charge in [0.1, 0.15) is 17.5 Å². The Morgan fingerprint density at radius 3 is 2.92 bits per heavy atom. The predicted molar refractivity (Wildman–Crippen MR) is 103 cm³/mol. The van der Waals surface area contributed by atoms with E-state index in [0.717, 1.165) is 23.7 Å². The topological polar surface area (TPSA) is 86.1 Å². The Morgan fingerprint density at radius 2 is 2.15 bits per heavy atom. The molecule has 26 heavy (non-hydrogen) atoms. The minimum absolute atomic E-state index is 0.481. The van der Waals surface area contributed by atoms with Crippen LogP contribution in [0, 0.1) is 11.3 Å². The van der Waals surface area contributed by atoms with Gasteiger partial charge in [-0.2, -0.15) is 5.26 Å². The molecule has 1 aliphatic rings. The summed E-state index contributed by atoms with van der Waals surface area (Å²) in [5.74, 6) is 1.23. The molecule has 0 saturated heterocycles. The van der Waals surface area contributed by atoms with Crippen molar-refractivity contribution in [2.24, 2.45) is 0 Å². The van der Waals surface area contributed by atoms with E-state index in [0.29, 0.717) is 37.0 Å². The highest BCUT2D eigenvalue weighted by atomic mass is 16.5. The van der Waals surface area contributed by atoms with Gasteiger partial charge < -0.3 is 20.3 Å². The minimum Gasteiger partial charge on any atom is -0.380 e. The summed E-state index contributed by atoms with van der Waals surface area (Å²) in [6.07, 6.45) is 1.65. The maximum Gasteiger partial charge on any atom is 0.223 e. The summed E-state index contributed by atoms with van der Waals surface area (Å²) in [6, 6.07) is 12.0. The number of hydrogen-bond acceptors (Lipinski definition) is 7. The standard InChI is InChI=1S/C19H22N6O/c1-3-25-17-8-6-5-7-16(17)23-18(25)14(13-20)15-9-10-21-19(24-15)22-11-12-26-4-2/h5-10,23H,3-4,11-12H2,1-2H3,(H,21,22,24)/b18-14+. The Bertz CT molecular complexity index is 842. The maximum atomic E-state index is 9.79. The zero-order chi connectivity index (χ0) is 18.4. The fraction of sp³-hybridized carbons (Fsp3) is 0.316. The van der Waals surface area contributed by atoms with Crippen LogP contribution in [0.4, 0.5) is 17.3 Å². The summed E-state index contributed by atoms with van der Waals surface area (Å²) in [5, 5.41) is 16.3. The number of allylic oxidation sites excluding steroid dienone is 1. The normalized spacial score (nSPS) is 14.4. The number of fused-ring (bicyclic) bond motifs is 1. The quantitative estimate of drug-likeness (QED) is 0.586. The van der Waals surface area contributed by atoms with E-state index in [-0.39, 0.29) is 0 Å². The molecule has 0 spiro atoms. The van der Waals surface area contributed by atoms with E-state index in [1.165, 1.54) is 0 Å². The number of aromatic nitrogens is 2. The largest absolute Gasteiger partial charge is 0.380 e. The van der Waals surface area contributed by atoms with Gasteiger partial charge >= 0.3 is 0 Å². The molecule has 7 heteroatoms. The van der Waals surface area contributed by atoms with Gasteiger partial charge in [-0.1, -0.05) is 12.1 Å². The van der Waals surface area contributed by atoms with E-state index >= 15 is 0 Å². The van der Waals surface area contributed by atoms with Crippen LogP contribution < -0.4 is 15.5 Å². The second-order valence-corrected chi connectivity index (χ2v) is 5.61. The first kappa shape index (κ1) is 17.7. The molecule has 1 aromatic carbocycles. The summed E-state index contributed by atoms with van der Waals surface area (Å²) < 4.78 is 5.30. The summed E-state index contributed by atoms with van der Waals surface area (Å²) >= 11 is 0. The van der Waals surface area contributed by atoms with Crippen molar-refractivity contribution in [1.29, 1.82) is 5.26 Å². The van der Waals surface area contributed by atoms with Gasteiger partial charge in [0.15, 0.2) is 0 Å². The highest BCUT2D eigenvalue weighted by Crippen LogP contribution is 2.38. The van der Waals surface area contributed by atoms with E-state index < -0.39 is 0 Å². The Labute approximate surface area is 153 Å². The van der Waals surface area contributed by atoms with Gasteiger partial charge in [0.05, 0.1) is 23.7 Å². The molecule has 2 N–H and O–H groups in total. The van der Waals surface area contributed by atoms with Crippen LogP contribution in [0.25, 0.3) is 5.57 Å². The van der Waals surface area contributed by atoms with Gasteiger partial charge in [0, 0.05) is 25.9 Å². The lowest BCUT2D eigenvalue weighted by Gasteiger charge is -2.19. The third-order valence-electron chi connectivity index (χ3n) is 4.03. The van der Waals surface area contributed by atoms with Gasteiger partial charge in [0.2, 0.25) is 5.95 Å². The van der Waals surface area contributed by atoms with E-state index in [9.17, 15) is 5.26 Å². The van der Waals surface area contributed by atoms with Crippen LogP contribution in [-0.2, 0) is 4.74 Å². The molecule has 0 amide bonds. The van der Waals surface area contributed by atoms with Crippen molar-refractivity contribution in [2.75, 3.05) is 41.8 Å². The smallest absolute Gasteiger partial charge is 0.223 e. The molecule has 7 nitrogen and oxygen atoms in total.